The second kappa shape index (κ2) is 10.9. The number of nitrogens with zero attached hydrogens (tertiary/aromatic N) is 2. The van der Waals surface area contributed by atoms with E-state index < -0.39 is 0 Å². The van der Waals surface area contributed by atoms with Crippen LogP contribution in [0.2, 0.25) is 0 Å². The van der Waals surface area contributed by atoms with E-state index in [1.54, 1.807) is 11.8 Å². The molecular weight excluding hydrogens is 334 g/mol. The summed E-state index contributed by atoms with van der Waals surface area (Å²) in [6.45, 7) is 6.05. The van der Waals surface area contributed by atoms with E-state index in [0.717, 1.165) is 62.0 Å². The average Bonchev–Trinajstić information content (AvgIpc) is 3.15. The standard InChI is InChI=1S/C18H29N5OS/c1-3-19-17(20-9-12-25-2)21-14-15-7-6-8-16(13-15)22-18(24)23-10-4-5-11-23/h6-8,13H,3-5,9-12,14H2,1-2H3,(H,22,24)(H2,19,20,21). The van der Waals surface area contributed by atoms with E-state index in [9.17, 15) is 4.79 Å². The molecule has 0 radical (unpaired) electrons. The third kappa shape index (κ3) is 6.86. The van der Waals surface area contributed by atoms with E-state index in [-0.39, 0.29) is 6.03 Å². The second-order valence-corrected chi connectivity index (χ2v) is 6.93. The van der Waals surface area contributed by atoms with Gasteiger partial charge in [0.25, 0.3) is 0 Å². The predicted octanol–water partition coefficient (Wildman–Crippen LogP) is 2.73. The van der Waals surface area contributed by atoms with Crippen LogP contribution < -0.4 is 16.0 Å². The van der Waals surface area contributed by atoms with Crippen LogP contribution in [0.25, 0.3) is 0 Å². The van der Waals surface area contributed by atoms with Gasteiger partial charge in [-0.3, -0.25) is 0 Å². The van der Waals surface area contributed by atoms with Crippen LogP contribution in [0, 0.1) is 0 Å². The van der Waals surface area contributed by atoms with Crippen LogP contribution in [0.1, 0.15) is 25.3 Å². The molecule has 2 amide bonds. The van der Waals surface area contributed by atoms with Crippen LogP contribution >= 0.6 is 11.8 Å². The van der Waals surface area contributed by atoms with E-state index >= 15 is 0 Å². The molecule has 25 heavy (non-hydrogen) atoms. The Bertz CT molecular complexity index is 572. The largest absolute Gasteiger partial charge is 0.357 e. The smallest absolute Gasteiger partial charge is 0.321 e. The lowest BCUT2D eigenvalue weighted by atomic mass is 10.2. The molecule has 3 N–H and O–H groups in total. The molecule has 1 aliphatic rings. The Labute approximate surface area is 154 Å². The van der Waals surface area contributed by atoms with E-state index in [4.69, 9.17) is 0 Å². The van der Waals surface area contributed by atoms with Gasteiger partial charge in [0, 0.05) is 37.6 Å². The Morgan fingerprint density at radius 2 is 2.08 bits per heavy atom. The summed E-state index contributed by atoms with van der Waals surface area (Å²) in [4.78, 5) is 18.7. The number of hydrogen-bond acceptors (Lipinski definition) is 3. The van der Waals surface area contributed by atoms with Crippen molar-refractivity contribution >= 4 is 29.4 Å². The van der Waals surface area contributed by atoms with Gasteiger partial charge in [0.2, 0.25) is 0 Å². The first kappa shape index (κ1) is 19.4. The van der Waals surface area contributed by atoms with Crippen LogP contribution in [-0.4, -0.2) is 55.1 Å². The highest BCUT2D eigenvalue weighted by Crippen LogP contribution is 2.14. The summed E-state index contributed by atoms with van der Waals surface area (Å²) in [5, 5.41) is 9.55. The summed E-state index contributed by atoms with van der Waals surface area (Å²) in [7, 11) is 0. The number of carbonyl (C=O) groups excluding carboxylic acids is 1. The van der Waals surface area contributed by atoms with Crippen molar-refractivity contribution in [3.8, 4) is 0 Å². The van der Waals surface area contributed by atoms with Crippen molar-refractivity contribution in [3.63, 3.8) is 0 Å². The van der Waals surface area contributed by atoms with Gasteiger partial charge in [-0.25, -0.2) is 9.79 Å². The van der Waals surface area contributed by atoms with Crippen molar-refractivity contribution in [1.82, 2.24) is 15.5 Å². The molecule has 138 valence electrons. The molecule has 6 nitrogen and oxygen atoms in total. The number of guanidine groups is 1. The maximum absolute atomic E-state index is 12.2. The molecule has 0 spiro atoms. The minimum absolute atomic E-state index is 0.00905. The van der Waals surface area contributed by atoms with E-state index in [2.05, 4.69) is 34.1 Å². The Balaban J connectivity index is 1.92. The molecule has 1 aliphatic heterocycles. The van der Waals surface area contributed by atoms with Gasteiger partial charge < -0.3 is 20.9 Å². The topological polar surface area (TPSA) is 68.8 Å². The summed E-state index contributed by atoms with van der Waals surface area (Å²) < 4.78 is 0. The number of benzene rings is 1. The molecule has 1 fully saturated rings. The second-order valence-electron chi connectivity index (χ2n) is 5.94. The fourth-order valence-electron chi connectivity index (χ4n) is 2.65. The number of urea groups is 1. The van der Waals surface area contributed by atoms with E-state index in [0.29, 0.717) is 6.54 Å². The van der Waals surface area contributed by atoms with Crippen LogP contribution in [0.4, 0.5) is 10.5 Å². The number of anilines is 1. The van der Waals surface area contributed by atoms with Crippen LogP contribution in [-0.2, 0) is 6.54 Å². The molecule has 0 aromatic heterocycles. The minimum atomic E-state index is -0.00905. The normalized spacial score (nSPS) is 14.5. The maximum atomic E-state index is 12.2. The summed E-state index contributed by atoms with van der Waals surface area (Å²) in [5.74, 6) is 1.87. The third-order valence-corrected chi connectivity index (χ3v) is 4.55. The van der Waals surface area contributed by atoms with Gasteiger partial charge in [-0.1, -0.05) is 12.1 Å². The molecule has 0 atom stereocenters. The fourth-order valence-corrected chi connectivity index (χ4v) is 2.96. The van der Waals surface area contributed by atoms with Crippen molar-refractivity contribution in [1.29, 1.82) is 0 Å². The average molecular weight is 364 g/mol. The molecule has 0 aliphatic carbocycles. The van der Waals surface area contributed by atoms with Crippen LogP contribution in [0.15, 0.2) is 29.3 Å². The fraction of sp³-hybridized carbons (Fsp3) is 0.556. The number of aliphatic imine (C=N–C) groups is 1. The molecule has 0 bridgehead atoms. The molecule has 0 unspecified atom stereocenters. The van der Waals surface area contributed by atoms with Crippen LogP contribution in [0.5, 0.6) is 0 Å². The van der Waals surface area contributed by atoms with E-state index in [1.807, 2.05) is 29.2 Å². The first-order chi connectivity index (χ1) is 12.2. The molecule has 1 saturated heterocycles. The van der Waals surface area contributed by atoms with Crippen molar-refractivity contribution in [2.24, 2.45) is 4.99 Å². The lowest BCUT2D eigenvalue weighted by Crippen LogP contribution is -2.38. The minimum Gasteiger partial charge on any atom is -0.357 e. The number of rotatable bonds is 7. The highest BCUT2D eigenvalue weighted by Gasteiger charge is 2.17. The summed E-state index contributed by atoms with van der Waals surface area (Å²) in [6, 6.07) is 7.88. The zero-order valence-electron chi connectivity index (χ0n) is 15.2. The highest BCUT2D eigenvalue weighted by atomic mass is 32.2. The Kier molecular flexibility index (Phi) is 8.45. The quantitative estimate of drug-likeness (QED) is 0.396. The van der Waals surface area contributed by atoms with Crippen molar-refractivity contribution in [2.75, 3.05) is 43.5 Å². The number of nitrogens with one attached hydrogen (secondary N) is 3. The van der Waals surface area contributed by atoms with Gasteiger partial charge in [0.05, 0.1) is 6.54 Å². The lowest BCUT2D eigenvalue weighted by Gasteiger charge is -2.16. The monoisotopic (exact) mass is 363 g/mol. The molecule has 2 rings (SSSR count). The van der Waals surface area contributed by atoms with E-state index in [1.165, 1.54) is 0 Å². The highest BCUT2D eigenvalue weighted by molar-refractivity contribution is 7.98. The molecular formula is C18H29N5OS. The number of carbonyl (C=O) groups is 1. The predicted molar refractivity (Wildman–Crippen MR) is 107 cm³/mol. The van der Waals surface area contributed by atoms with Crippen molar-refractivity contribution in [3.05, 3.63) is 29.8 Å². The molecule has 7 heteroatoms. The van der Waals surface area contributed by atoms with Gasteiger partial charge in [-0.05, 0) is 43.7 Å². The summed E-state index contributed by atoms with van der Waals surface area (Å²) in [6.07, 6.45) is 4.28. The SMILES string of the molecule is CCNC(=NCc1cccc(NC(=O)N2CCCC2)c1)NCCSC. The first-order valence-electron chi connectivity index (χ1n) is 8.89. The maximum Gasteiger partial charge on any atom is 0.321 e. The summed E-state index contributed by atoms with van der Waals surface area (Å²) >= 11 is 1.80. The number of likely N-dealkylation sites (tertiary alicyclic amines) is 1. The Morgan fingerprint density at radius 1 is 1.28 bits per heavy atom. The molecule has 0 saturated carbocycles. The molecule has 1 heterocycles. The summed E-state index contributed by atoms with van der Waals surface area (Å²) in [5.41, 5.74) is 1.89. The van der Waals surface area contributed by atoms with Gasteiger partial charge in [0.15, 0.2) is 5.96 Å². The third-order valence-electron chi connectivity index (χ3n) is 3.93. The first-order valence-corrected chi connectivity index (χ1v) is 10.3. The Hall–Kier alpha value is -1.89. The number of thioether (sulfide) groups is 1. The van der Waals surface area contributed by atoms with Crippen LogP contribution in [0.3, 0.4) is 0 Å². The van der Waals surface area contributed by atoms with Gasteiger partial charge in [-0.15, -0.1) is 0 Å². The van der Waals surface area contributed by atoms with Gasteiger partial charge in [-0.2, -0.15) is 11.8 Å². The zero-order chi connectivity index (χ0) is 17.9. The number of amides is 2. The van der Waals surface area contributed by atoms with Crippen molar-refractivity contribution < 1.29 is 4.79 Å². The lowest BCUT2D eigenvalue weighted by molar-refractivity contribution is 0.222. The molecule has 1 aromatic carbocycles. The molecule has 1 aromatic rings. The van der Waals surface area contributed by atoms with Gasteiger partial charge in [0.1, 0.15) is 0 Å². The zero-order valence-corrected chi connectivity index (χ0v) is 16.0. The number of hydrogen-bond donors (Lipinski definition) is 3. The Morgan fingerprint density at radius 3 is 2.80 bits per heavy atom. The van der Waals surface area contributed by atoms with Crippen molar-refractivity contribution in [2.45, 2.75) is 26.3 Å². The van der Waals surface area contributed by atoms with Gasteiger partial charge >= 0.3 is 6.03 Å².